The number of benzene rings is 2. The molecule has 5 heteroatoms. The van der Waals surface area contributed by atoms with Gasteiger partial charge in [-0.15, -0.1) is 0 Å². The summed E-state index contributed by atoms with van der Waals surface area (Å²) in [4.78, 5) is 24.0. The highest BCUT2D eigenvalue weighted by Gasteiger charge is 2.13. The van der Waals surface area contributed by atoms with E-state index < -0.39 is 12.1 Å². The van der Waals surface area contributed by atoms with Crippen LogP contribution in [0.15, 0.2) is 54.6 Å². The highest BCUT2D eigenvalue weighted by atomic mass is 16.6. The van der Waals surface area contributed by atoms with E-state index >= 15 is 0 Å². The lowest BCUT2D eigenvalue weighted by Crippen LogP contribution is -2.29. The fraction of sp³-hybridized carbons (Fsp3) is 0.125. The number of nitrogens with zero attached hydrogens (tertiary/aromatic N) is 1. The highest BCUT2D eigenvalue weighted by Crippen LogP contribution is 2.17. The van der Waals surface area contributed by atoms with E-state index in [2.05, 4.69) is 0 Å². The van der Waals surface area contributed by atoms with Crippen LogP contribution in [0.4, 0.5) is 10.5 Å². The fourth-order valence-electron chi connectivity index (χ4n) is 1.78. The Morgan fingerprint density at radius 3 is 2.24 bits per heavy atom. The maximum atomic E-state index is 12.0. The van der Waals surface area contributed by atoms with Crippen LogP contribution in [0.3, 0.4) is 0 Å². The molecule has 0 unspecified atom stereocenters. The number of aliphatic carboxylic acids is 1. The molecule has 0 spiro atoms. The van der Waals surface area contributed by atoms with Crippen LogP contribution in [0.2, 0.25) is 0 Å². The zero-order valence-corrected chi connectivity index (χ0v) is 11.5. The van der Waals surface area contributed by atoms with Crippen molar-refractivity contribution < 1.29 is 19.4 Å². The van der Waals surface area contributed by atoms with E-state index in [1.54, 1.807) is 55.6 Å². The molecule has 0 saturated heterocycles. The van der Waals surface area contributed by atoms with Crippen molar-refractivity contribution in [2.45, 2.75) is 6.42 Å². The first kappa shape index (κ1) is 14.6. The average molecular weight is 285 g/mol. The van der Waals surface area contributed by atoms with Crippen molar-refractivity contribution in [1.29, 1.82) is 0 Å². The van der Waals surface area contributed by atoms with Crippen LogP contribution >= 0.6 is 0 Å². The van der Waals surface area contributed by atoms with Gasteiger partial charge >= 0.3 is 12.1 Å². The zero-order valence-electron chi connectivity index (χ0n) is 11.5. The predicted molar refractivity (Wildman–Crippen MR) is 78.7 cm³/mol. The smallest absolute Gasteiger partial charge is 0.419 e. The Kier molecular flexibility index (Phi) is 4.56. The Balaban J connectivity index is 2.03. The number of rotatable bonds is 4. The van der Waals surface area contributed by atoms with Gasteiger partial charge in [0.25, 0.3) is 0 Å². The van der Waals surface area contributed by atoms with Gasteiger partial charge in [0.1, 0.15) is 5.75 Å². The van der Waals surface area contributed by atoms with Crippen LogP contribution in [0.1, 0.15) is 5.56 Å². The third-order valence-electron chi connectivity index (χ3n) is 2.90. The van der Waals surface area contributed by atoms with Crippen molar-refractivity contribution in [2.75, 3.05) is 11.9 Å². The summed E-state index contributed by atoms with van der Waals surface area (Å²) in [5.74, 6) is -0.420. The molecule has 108 valence electrons. The van der Waals surface area contributed by atoms with Crippen molar-refractivity contribution in [3.05, 3.63) is 60.2 Å². The maximum absolute atomic E-state index is 12.0. The minimum absolute atomic E-state index is 0.0432. The third kappa shape index (κ3) is 4.07. The van der Waals surface area contributed by atoms with Crippen LogP contribution in [0.25, 0.3) is 0 Å². The molecule has 1 amide bonds. The lowest BCUT2D eigenvalue weighted by molar-refractivity contribution is -0.136. The van der Waals surface area contributed by atoms with Crippen LogP contribution < -0.4 is 9.64 Å². The van der Waals surface area contributed by atoms with Gasteiger partial charge in [0.15, 0.2) is 0 Å². The summed E-state index contributed by atoms with van der Waals surface area (Å²) in [7, 11) is 1.59. The van der Waals surface area contributed by atoms with E-state index in [4.69, 9.17) is 9.84 Å². The first-order chi connectivity index (χ1) is 10.1. The molecular formula is C16H15NO4. The van der Waals surface area contributed by atoms with Crippen molar-refractivity contribution >= 4 is 17.7 Å². The molecule has 2 rings (SSSR count). The van der Waals surface area contributed by atoms with Gasteiger partial charge in [-0.2, -0.15) is 0 Å². The quantitative estimate of drug-likeness (QED) is 0.937. The maximum Gasteiger partial charge on any atom is 0.419 e. The number of hydrogen-bond acceptors (Lipinski definition) is 3. The number of carbonyl (C=O) groups excluding carboxylic acids is 1. The van der Waals surface area contributed by atoms with Gasteiger partial charge < -0.3 is 9.84 Å². The molecule has 0 aliphatic rings. The molecule has 1 N–H and O–H groups in total. The Labute approximate surface area is 122 Å². The lowest BCUT2D eigenvalue weighted by Gasteiger charge is -2.17. The topological polar surface area (TPSA) is 66.8 Å². The van der Waals surface area contributed by atoms with E-state index in [-0.39, 0.29) is 6.42 Å². The highest BCUT2D eigenvalue weighted by molar-refractivity contribution is 5.88. The van der Waals surface area contributed by atoms with E-state index in [0.29, 0.717) is 17.0 Å². The zero-order chi connectivity index (χ0) is 15.2. The molecule has 2 aromatic rings. The second-order valence-electron chi connectivity index (χ2n) is 4.48. The van der Waals surface area contributed by atoms with Gasteiger partial charge in [0, 0.05) is 12.7 Å². The number of hydrogen-bond donors (Lipinski definition) is 1. The van der Waals surface area contributed by atoms with Crippen molar-refractivity contribution in [1.82, 2.24) is 0 Å². The van der Waals surface area contributed by atoms with Crippen molar-refractivity contribution in [2.24, 2.45) is 0 Å². The third-order valence-corrected chi connectivity index (χ3v) is 2.90. The minimum Gasteiger partial charge on any atom is -0.481 e. The second-order valence-corrected chi connectivity index (χ2v) is 4.48. The molecule has 0 radical (unpaired) electrons. The van der Waals surface area contributed by atoms with E-state index in [0.717, 1.165) is 0 Å². The molecule has 0 atom stereocenters. The molecule has 0 fully saturated rings. The van der Waals surface area contributed by atoms with Crippen molar-refractivity contribution in [3.63, 3.8) is 0 Å². The Morgan fingerprint density at radius 2 is 1.67 bits per heavy atom. The van der Waals surface area contributed by atoms with Gasteiger partial charge in [-0.05, 0) is 29.8 Å². The minimum atomic E-state index is -0.889. The molecule has 0 aliphatic heterocycles. The van der Waals surface area contributed by atoms with Crippen molar-refractivity contribution in [3.8, 4) is 5.75 Å². The number of carbonyl (C=O) groups is 2. The van der Waals surface area contributed by atoms with Gasteiger partial charge in [0.2, 0.25) is 0 Å². The normalized spacial score (nSPS) is 9.95. The number of para-hydroxylation sites is 1. The lowest BCUT2D eigenvalue weighted by atomic mass is 10.1. The summed E-state index contributed by atoms with van der Waals surface area (Å²) >= 11 is 0. The summed E-state index contributed by atoms with van der Waals surface area (Å²) in [6.45, 7) is 0. The standard InChI is InChI=1S/C16H15NO4/c1-17(16(20)21-14-5-3-2-4-6-14)13-9-7-12(8-10-13)11-15(18)19/h2-10H,11H2,1H3,(H,18,19). The van der Waals surface area contributed by atoms with Crippen LogP contribution in [-0.2, 0) is 11.2 Å². The Morgan fingerprint density at radius 1 is 1.05 bits per heavy atom. The molecule has 0 bridgehead atoms. The number of anilines is 1. The summed E-state index contributed by atoms with van der Waals surface area (Å²) in [5.41, 5.74) is 1.31. The molecule has 5 nitrogen and oxygen atoms in total. The van der Waals surface area contributed by atoms with E-state index in [1.165, 1.54) is 4.90 Å². The molecule has 0 heterocycles. The average Bonchev–Trinajstić information content (AvgIpc) is 2.47. The summed E-state index contributed by atoms with van der Waals surface area (Å²) in [6.07, 6.45) is -0.550. The van der Waals surface area contributed by atoms with Gasteiger partial charge in [-0.25, -0.2) is 4.79 Å². The molecule has 2 aromatic carbocycles. The number of ether oxygens (including phenoxy) is 1. The van der Waals surface area contributed by atoms with Gasteiger partial charge in [-0.3, -0.25) is 9.69 Å². The van der Waals surface area contributed by atoms with E-state index in [9.17, 15) is 9.59 Å². The van der Waals surface area contributed by atoms with Crippen LogP contribution in [-0.4, -0.2) is 24.2 Å². The fourth-order valence-corrected chi connectivity index (χ4v) is 1.78. The Bertz CT molecular complexity index is 622. The summed E-state index contributed by atoms with van der Waals surface area (Å²) in [6, 6.07) is 15.5. The first-order valence-corrected chi connectivity index (χ1v) is 6.37. The SMILES string of the molecule is CN(C(=O)Oc1ccccc1)c1ccc(CC(=O)O)cc1. The second kappa shape index (κ2) is 6.56. The Hall–Kier alpha value is -2.82. The molecule has 0 aromatic heterocycles. The number of carboxylic acid groups (broad SMARTS) is 1. The first-order valence-electron chi connectivity index (χ1n) is 6.37. The molecule has 0 saturated carbocycles. The summed E-state index contributed by atoms with van der Waals surface area (Å²) in [5, 5.41) is 8.71. The monoisotopic (exact) mass is 285 g/mol. The summed E-state index contributed by atoms with van der Waals surface area (Å²) < 4.78 is 5.22. The molecule has 0 aliphatic carbocycles. The largest absolute Gasteiger partial charge is 0.481 e. The molecular weight excluding hydrogens is 270 g/mol. The molecule has 21 heavy (non-hydrogen) atoms. The number of carboxylic acids is 1. The van der Waals surface area contributed by atoms with Crippen LogP contribution in [0.5, 0.6) is 5.75 Å². The van der Waals surface area contributed by atoms with Gasteiger partial charge in [0.05, 0.1) is 6.42 Å². The van der Waals surface area contributed by atoms with Crippen LogP contribution in [0, 0.1) is 0 Å². The van der Waals surface area contributed by atoms with E-state index in [1.807, 2.05) is 6.07 Å². The van der Waals surface area contributed by atoms with Gasteiger partial charge in [-0.1, -0.05) is 30.3 Å². The predicted octanol–water partition coefficient (Wildman–Crippen LogP) is 2.95. The number of amides is 1.